The van der Waals surface area contributed by atoms with Crippen LogP contribution in [0.3, 0.4) is 0 Å². The van der Waals surface area contributed by atoms with E-state index in [4.69, 9.17) is 9.26 Å². The van der Waals surface area contributed by atoms with Crippen molar-refractivity contribution in [3.8, 4) is 11.6 Å². The Labute approximate surface area is 83.8 Å². The van der Waals surface area contributed by atoms with Crippen LogP contribution in [0, 0.1) is 6.92 Å². The first-order valence-electron chi connectivity index (χ1n) is 4.34. The Morgan fingerprint density at radius 2 is 2.40 bits per heavy atom. The monoisotopic (exact) mass is 211 g/mol. The third-order valence-electron chi connectivity index (χ3n) is 1.77. The first-order chi connectivity index (χ1) is 7.24. The van der Waals surface area contributed by atoms with Crippen LogP contribution in [0.25, 0.3) is 5.69 Å². The summed E-state index contributed by atoms with van der Waals surface area (Å²) >= 11 is 0. The quantitative estimate of drug-likeness (QED) is 0.745. The molecule has 0 spiro atoms. The van der Waals surface area contributed by atoms with Gasteiger partial charge < -0.3 is 9.26 Å². The molecule has 0 aliphatic carbocycles. The molecule has 0 fully saturated rings. The molecule has 0 saturated carbocycles. The molecule has 15 heavy (non-hydrogen) atoms. The van der Waals surface area contributed by atoms with Gasteiger partial charge >= 0.3 is 5.69 Å². The second-order valence-electron chi connectivity index (χ2n) is 2.74. The molecule has 0 aliphatic rings. The van der Waals surface area contributed by atoms with Crippen LogP contribution in [0.5, 0.6) is 5.88 Å². The van der Waals surface area contributed by atoms with Crippen molar-refractivity contribution < 1.29 is 9.26 Å². The Bertz CT molecular complexity index is 511. The van der Waals surface area contributed by atoms with Crippen molar-refractivity contribution in [1.29, 1.82) is 0 Å². The van der Waals surface area contributed by atoms with Crippen molar-refractivity contribution in [2.45, 2.75) is 13.8 Å². The van der Waals surface area contributed by atoms with Gasteiger partial charge in [-0.3, -0.25) is 0 Å². The highest BCUT2D eigenvalue weighted by atomic mass is 16.5. The third kappa shape index (κ3) is 1.49. The summed E-state index contributed by atoms with van der Waals surface area (Å²) in [5.41, 5.74) is -0.0992. The number of rotatable bonds is 3. The summed E-state index contributed by atoms with van der Waals surface area (Å²) in [5.74, 6) is 0.667. The van der Waals surface area contributed by atoms with Crippen molar-refractivity contribution in [2.24, 2.45) is 0 Å². The molecule has 0 atom stereocenters. The molecule has 8 nitrogen and oxygen atoms in total. The van der Waals surface area contributed by atoms with E-state index in [-0.39, 0.29) is 5.88 Å². The summed E-state index contributed by atoms with van der Waals surface area (Å²) < 4.78 is 11.1. The van der Waals surface area contributed by atoms with Gasteiger partial charge in [0, 0.05) is 0 Å². The fraction of sp³-hybridized carbons (Fsp3) is 0.429. The fourth-order valence-electron chi connectivity index (χ4n) is 1.16. The Morgan fingerprint density at radius 1 is 1.60 bits per heavy atom. The second-order valence-corrected chi connectivity index (χ2v) is 2.74. The molecule has 0 saturated heterocycles. The highest BCUT2D eigenvalue weighted by Crippen LogP contribution is 2.22. The van der Waals surface area contributed by atoms with Gasteiger partial charge in [0.05, 0.1) is 6.61 Å². The summed E-state index contributed by atoms with van der Waals surface area (Å²) in [6.07, 6.45) is 0. The molecule has 2 rings (SSSR count). The maximum atomic E-state index is 11.3. The molecule has 8 heteroatoms. The number of hydrogen-bond acceptors (Lipinski definition) is 6. The van der Waals surface area contributed by atoms with Gasteiger partial charge in [-0.2, -0.15) is 4.68 Å². The van der Waals surface area contributed by atoms with Gasteiger partial charge in [0.25, 0.3) is 5.88 Å². The number of tetrazole rings is 1. The molecule has 0 aromatic carbocycles. The van der Waals surface area contributed by atoms with Crippen LogP contribution < -0.4 is 10.4 Å². The Hall–Kier alpha value is -2.12. The van der Waals surface area contributed by atoms with Crippen molar-refractivity contribution in [2.75, 3.05) is 6.61 Å². The zero-order chi connectivity index (χ0) is 10.8. The number of aryl methyl sites for hydroxylation is 1. The van der Waals surface area contributed by atoms with Crippen molar-refractivity contribution in [1.82, 2.24) is 25.4 Å². The number of aromatic amines is 1. The molecule has 0 unspecified atom stereocenters. The molecule has 2 aromatic heterocycles. The third-order valence-corrected chi connectivity index (χ3v) is 1.77. The number of H-pyrrole nitrogens is 1. The van der Waals surface area contributed by atoms with Crippen LogP contribution in [0.15, 0.2) is 9.32 Å². The normalized spacial score (nSPS) is 10.5. The topological polar surface area (TPSA) is 98.8 Å². The molecular formula is C7H9N5O3. The molecule has 2 aromatic rings. The lowest BCUT2D eigenvalue weighted by molar-refractivity contribution is 0.291. The molecule has 0 radical (unpaired) electrons. The van der Waals surface area contributed by atoms with E-state index in [1.54, 1.807) is 13.8 Å². The Morgan fingerprint density at radius 3 is 3.00 bits per heavy atom. The van der Waals surface area contributed by atoms with Gasteiger partial charge in [0.1, 0.15) is 0 Å². The average Bonchev–Trinajstić information content (AvgIpc) is 2.75. The molecule has 0 amide bonds. The average molecular weight is 211 g/mol. The van der Waals surface area contributed by atoms with Crippen LogP contribution in [-0.4, -0.2) is 32.0 Å². The van der Waals surface area contributed by atoms with Gasteiger partial charge in [0.2, 0.25) is 0 Å². The minimum absolute atomic E-state index is 0.228. The van der Waals surface area contributed by atoms with E-state index in [0.717, 1.165) is 4.68 Å². The Balaban J connectivity index is 2.56. The Kier molecular flexibility index (Phi) is 2.24. The summed E-state index contributed by atoms with van der Waals surface area (Å²) in [6.45, 7) is 3.89. The van der Waals surface area contributed by atoms with E-state index in [0.29, 0.717) is 18.1 Å². The molecule has 2 heterocycles. The molecular weight excluding hydrogens is 202 g/mol. The first-order valence-corrected chi connectivity index (χ1v) is 4.34. The molecule has 0 aliphatic heterocycles. The maximum Gasteiger partial charge on any atom is 0.366 e. The SMILES string of the molecule is CCOc1noc(C)c1-n1nn[nH]c1=O. The number of nitrogens with one attached hydrogen (secondary N) is 1. The summed E-state index contributed by atoms with van der Waals surface area (Å²) in [4.78, 5) is 11.3. The zero-order valence-electron chi connectivity index (χ0n) is 8.22. The van der Waals surface area contributed by atoms with Crippen LogP contribution in [0.1, 0.15) is 12.7 Å². The highest BCUT2D eigenvalue weighted by molar-refractivity contribution is 5.42. The van der Waals surface area contributed by atoms with Crippen molar-refractivity contribution >= 4 is 0 Å². The molecule has 0 bridgehead atoms. The lowest BCUT2D eigenvalue weighted by atomic mass is 10.4. The van der Waals surface area contributed by atoms with E-state index < -0.39 is 5.69 Å². The standard InChI is InChI=1S/C7H9N5O3/c1-3-14-6-5(4(2)15-9-6)12-7(13)8-10-11-12/h3H2,1-2H3,(H,8,11,13). The second kappa shape index (κ2) is 3.56. The van der Waals surface area contributed by atoms with Gasteiger partial charge in [-0.1, -0.05) is 0 Å². The van der Waals surface area contributed by atoms with Crippen LogP contribution >= 0.6 is 0 Å². The lowest BCUT2D eigenvalue weighted by Crippen LogP contribution is -2.17. The van der Waals surface area contributed by atoms with Gasteiger partial charge in [-0.05, 0) is 29.4 Å². The van der Waals surface area contributed by atoms with Gasteiger partial charge in [-0.25, -0.2) is 9.89 Å². The minimum atomic E-state index is -0.470. The first kappa shape index (κ1) is 9.44. The van der Waals surface area contributed by atoms with E-state index in [9.17, 15) is 4.79 Å². The minimum Gasteiger partial charge on any atom is -0.474 e. The van der Waals surface area contributed by atoms with Crippen LogP contribution in [0.2, 0.25) is 0 Å². The molecule has 80 valence electrons. The van der Waals surface area contributed by atoms with E-state index >= 15 is 0 Å². The van der Waals surface area contributed by atoms with Crippen LogP contribution in [-0.2, 0) is 0 Å². The van der Waals surface area contributed by atoms with Gasteiger partial charge in [-0.15, -0.1) is 0 Å². The summed E-state index contributed by atoms with van der Waals surface area (Å²) in [7, 11) is 0. The smallest absolute Gasteiger partial charge is 0.366 e. The predicted molar refractivity (Wildman–Crippen MR) is 47.9 cm³/mol. The van der Waals surface area contributed by atoms with Gasteiger partial charge in [0.15, 0.2) is 11.4 Å². The predicted octanol–water partition coefficient (Wildman–Crippen LogP) is -0.349. The number of ether oxygens (including phenoxy) is 1. The fourth-order valence-corrected chi connectivity index (χ4v) is 1.16. The van der Waals surface area contributed by atoms with E-state index in [1.807, 2.05) is 0 Å². The van der Waals surface area contributed by atoms with E-state index in [2.05, 4.69) is 20.7 Å². The highest BCUT2D eigenvalue weighted by Gasteiger charge is 2.19. The number of hydrogen-bond donors (Lipinski definition) is 1. The zero-order valence-corrected chi connectivity index (χ0v) is 8.22. The lowest BCUT2D eigenvalue weighted by Gasteiger charge is -1.99. The maximum absolute atomic E-state index is 11.3. The summed E-state index contributed by atoms with van der Waals surface area (Å²) in [6, 6.07) is 0. The molecule has 1 N–H and O–H groups in total. The summed E-state index contributed by atoms with van der Waals surface area (Å²) in [5, 5.41) is 12.8. The van der Waals surface area contributed by atoms with Crippen molar-refractivity contribution in [3.05, 3.63) is 16.2 Å². The van der Waals surface area contributed by atoms with Crippen molar-refractivity contribution in [3.63, 3.8) is 0 Å². The van der Waals surface area contributed by atoms with Crippen LogP contribution in [0.4, 0.5) is 0 Å². The number of nitrogens with zero attached hydrogens (tertiary/aromatic N) is 4. The van der Waals surface area contributed by atoms with E-state index in [1.165, 1.54) is 0 Å². The number of aromatic nitrogens is 5. The largest absolute Gasteiger partial charge is 0.474 e.